The van der Waals surface area contributed by atoms with E-state index in [1.807, 2.05) is 41.8 Å². The Morgan fingerprint density at radius 1 is 1.30 bits per heavy atom. The minimum Gasteiger partial charge on any atom is -0.347 e. The molecule has 0 aliphatic carbocycles. The molecule has 5 heteroatoms. The van der Waals surface area contributed by atoms with Crippen molar-refractivity contribution in [1.82, 2.24) is 19.7 Å². The van der Waals surface area contributed by atoms with Crippen molar-refractivity contribution in [3.05, 3.63) is 65.9 Å². The van der Waals surface area contributed by atoms with Gasteiger partial charge in [0.15, 0.2) is 0 Å². The highest BCUT2D eigenvalue weighted by Gasteiger charge is 2.10. The molecule has 0 radical (unpaired) electrons. The fourth-order valence-corrected chi connectivity index (χ4v) is 1.97. The third-order valence-corrected chi connectivity index (χ3v) is 3.05. The van der Waals surface area contributed by atoms with Crippen LogP contribution in [0.5, 0.6) is 0 Å². The zero-order valence-electron chi connectivity index (χ0n) is 11.1. The van der Waals surface area contributed by atoms with Crippen LogP contribution >= 0.6 is 0 Å². The number of fused-ring (bicyclic) bond motifs is 1. The maximum atomic E-state index is 12.1. The molecule has 100 valence electrons. The predicted octanol–water partition coefficient (Wildman–Crippen LogP) is 1.97. The van der Waals surface area contributed by atoms with Gasteiger partial charge in [-0.25, -0.2) is 4.98 Å². The summed E-state index contributed by atoms with van der Waals surface area (Å²) in [5, 5.41) is 2.85. The van der Waals surface area contributed by atoms with Crippen LogP contribution in [-0.2, 0) is 6.54 Å². The van der Waals surface area contributed by atoms with Gasteiger partial charge in [-0.15, -0.1) is 0 Å². The lowest BCUT2D eigenvalue weighted by molar-refractivity contribution is 0.0946. The van der Waals surface area contributed by atoms with E-state index in [4.69, 9.17) is 0 Å². The van der Waals surface area contributed by atoms with E-state index in [1.165, 1.54) is 0 Å². The first-order chi connectivity index (χ1) is 9.72. The normalized spacial score (nSPS) is 10.7. The summed E-state index contributed by atoms with van der Waals surface area (Å²) in [6.45, 7) is 2.46. The SMILES string of the molecule is Cc1ccn2cc(C(=O)NCc3ccncc3)nc2c1. The molecular formula is C15H14N4O. The number of amides is 1. The van der Waals surface area contributed by atoms with E-state index < -0.39 is 0 Å². The van der Waals surface area contributed by atoms with Gasteiger partial charge in [0.2, 0.25) is 0 Å². The number of hydrogen-bond donors (Lipinski definition) is 1. The second-order valence-electron chi connectivity index (χ2n) is 4.63. The Kier molecular flexibility index (Phi) is 3.16. The molecule has 3 aromatic rings. The molecule has 0 spiro atoms. The lowest BCUT2D eigenvalue weighted by Gasteiger charge is -2.02. The Balaban J connectivity index is 1.75. The van der Waals surface area contributed by atoms with Gasteiger partial charge < -0.3 is 9.72 Å². The Morgan fingerprint density at radius 2 is 2.10 bits per heavy atom. The third kappa shape index (κ3) is 2.51. The van der Waals surface area contributed by atoms with E-state index in [9.17, 15) is 4.79 Å². The number of aromatic nitrogens is 3. The quantitative estimate of drug-likeness (QED) is 0.788. The molecule has 0 atom stereocenters. The van der Waals surface area contributed by atoms with Gasteiger partial charge in [-0.2, -0.15) is 0 Å². The van der Waals surface area contributed by atoms with Crippen LogP contribution in [0.15, 0.2) is 49.1 Å². The number of carbonyl (C=O) groups is 1. The van der Waals surface area contributed by atoms with Gasteiger partial charge in [0.25, 0.3) is 5.91 Å². The molecule has 0 fully saturated rings. The van der Waals surface area contributed by atoms with E-state index in [0.717, 1.165) is 16.8 Å². The summed E-state index contributed by atoms with van der Waals surface area (Å²) < 4.78 is 1.84. The molecule has 0 unspecified atom stereocenters. The van der Waals surface area contributed by atoms with E-state index in [0.29, 0.717) is 12.2 Å². The summed E-state index contributed by atoms with van der Waals surface area (Å²) in [6.07, 6.45) is 7.04. The van der Waals surface area contributed by atoms with E-state index in [-0.39, 0.29) is 5.91 Å². The average Bonchev–Trinajstić information content (AvgIpc) is 2.89. The van der Waals surface area contributed by atoms with Gasteiger partial charge >= 0.3 is 0 Å². The summed E-state index contributed by atoms with van der Waals surface area (Å²) in [5.74, 6) is -0.178. The van der Waals surface area contributed by atoms with Crippen LogP contribution in [0, 0.1) is 6.92 Å². The molecule has 0 bridgehead atoms. The molecule has 0 aromatic carbocycles. The van der Waals surface area contributed by atoms with Crippen molar-refractivity contribution in [3.63, 3.8) is 0 Å². The van der Waals surface area contributed by atoms with Crippen LogP contribution in [0.2, 0.25) is 0 Å². The van der Waals surface area contributed by atoms with Crippen molar-refractivity contribution < 1.29 is 4.79 Å². The highest BCUT2D eigenvalue weighted by atomic mass is 16.1. The fourth-order valence-electron chi connectivity index (χ4n) is 1.97. The summed E-state index contributed by atoms with van der Waals surface area (Å²) in [5.41, 5.74) is 3.32. The van der Waals surface area contributed by atoms with Crippen molar-refractivity contribution in [2.24, 2.45) is 0 Å². The van der Waals surface area contributed by atoms with Crippen LogP contribution in [0.4, 0.5) is 0 Å². The molecular weight excluding hydrogens is 252 g/mol. The van der Waals surface area contributed by atoms with Crippen LogP contribution < -0.4 is 5.32 Å². The number of rotatable bonds is 3. The summed E-state index contributed by atoms with van der Waals surface area (Å²) in [7, 11) is 0. The monoisotopic (exact) mass is 266 g/mol. The predicted molar refractivity (Wildman–Crippen MR) is 75.3 cm³/mol. The highest BCUT2D eigenvalue weighted by Crippen LogP contribution is 2.08. The van der Waals surface area contributed by atoms with Crippen LogP contribution in [0.3, 0.4) is 0 Å². The topological polar surface area (TPSA) is 59.3 Å². The van der Waals surface area contributed by atoms with Gasteiger partial charge in [-0.3, -0.25) is 9.78 Å². The molecule has 0 saturated carbocycles. The second-order valence-corrected chi connectivity index (χ2v) is 4.63. The fraction of sp³-hybridized carbons (Fsp3) is 0.133. The maximum absolute atomic E-state index is 12.1. The largest absolute Gasteiger partial charge is 0.347 e. The first-order valence-corrected chi connectivity index (χ1v) is 6.35. The number of nitrogens with one attached hydrogen (secondary N) is 1. The zero-order valence-corrected chi connectivity index (χ0v) is 11.1. The smallest absolute Gasteiger partial charge is 0.271 e. The number of carbonyl (C=O) groups excluding carboxylic acids is 1. The Hall–Kier alpha value is -2.69. The standard InChI is InChI=1S/C15H14N4O/c1-11-4-7-19-10-13(18-14(19)8-11)15(20)17-9-12-2-5-16-6-3-12/h2-8,10H,9H2,1H3,(H,17,20). The lowest BCUT2D eigenvalue weighted by Crippen LogP contribution is -2.23. The molecule has 3 rings (SSSR count). The molecule has 0 saturated heterocycles. The van der Waals surface area contributed by atoms with E-state index >= 15 is 0 Å². The first kappa shape index (κ1) is 12.3. The third-order valence-electron chi connectivity index (χ3n) is 3.05. The van der Waals surface area contributed by atoms with Gasteiger partial charge in [0.05, 0.1) is 0 Å². The lowest BCUT2D eigenvalue weighted by atomic mass is 10.2. The van der Waals surface area contributed by atoms with E-state index in [1.54, 1.807) is 18.6 Å². The number of hydrogen-bond acceptors (Lipinski definition) is 3. The van der Waals surface area contributed by atoms with Gasteiger partial charge in [0, 0.05) is 31.3 Å². The van der Waals surface area contributed by atoms with E-state index in [2.05, 4.69) is 15.3 Å². The number of pyridine rings is 2. The molecule has 20 heavy (non-hydrogen) atoms. The Labute approximate surface area is 116 Å². The van der Waals surface area contributed by atoms with Crippen molar-refractivity contribution in [1.29, 1.82) is 0 Å². The van der Waals surface area contributed by atoms with Crippen LogP contribution in [0.1, 0.15) is 21.6 Å². The minimum atomic E-state index is -0.178. The van der Waals surface area contributed by atoms with Crippen LogP contribution in [0.25, 0.3) is 5.65 Å². The average molecular weight is 266 g/mol. The van der Waals surface area contributed by atoms with Crippen molar-refractivity contribution >= 4 is 11.6 Å². The van der Waals surface area contributed by atoms with Gasteiger partial charge in [-0.1, -0.05) is 0 Å². The summed E-state index contributed by atoms with van der Waals surface area (Å²) in [4.78, 5) is 20.3. The molecule has 5 nitrogen and oxygen atoms in total. The second kappa shape index (κ2) is 5.13. The number of aryl methyl sites for hydroxylation is 1. The van der Waals surface area contributed by atoms with Crippen molar-refractivity contribution in [2.75, 3.05) is 0 Å². The first-order valence-electron chi connectivity index (χ1n) is 6.35. The Bertz CT molecular complexity index is 749. The minimum absolute atomic E-state index is 0.178. The highest BCUT2D eigenvalue weighted by molar-refractivity contribution is 5.92. The van der Waals surface area contributed by atoms with Crippen molar-refractivity contribution in [3.8, 4) is 0 Å². The zero-order chi connectivity index (χ0) is 13.9. The molecule has 0 aliphatic heterocycles. The molecule has 0 aliphatic rings. The van der Waals surface area contributed by atoms with Crippen LogP contribution in [-0.4, -0.2) is 20.3 Å². The van der Waals surface area contributed by atoms with Crippen molar-refractivity contribution in [2.45, 2.75) is 13.5 Å². The maximum Gasteiger partial charge on any atom is 0.271 e. The molecule has 1 amide bonds. The molecule has 3 aromatic heterocycles. The number of nitrogens with zero attached hydrogens (tertiary/aromatic N) is 3. The number of imidazole rings is 1. The van der Waals surface area contributed by atoms with Gasteiger partial charge in [-0.05, 0) is 42.3 Å². The van der Waals surface area contributed by atoms with Gasteiger partial charge in [0.1, 0.15) is 11.3 Å². The molecule has 1 N–H and O–H groups in total. The molecule has 3 heterocycles. The summed E-state index contributed by atoms with van der Waals surface area (Å²) >= 11 is 0. The summed E-state index contributed by atoms with van der Waals surface area (Å²) in [6, 6.07) is 7.66. The Morgan fingerprint density at radius 3 is 2.90 bits per heavy atom.